The molecule has 4 aromatic rings. The van der Waals surface area contributed by atoms with Crippen molar-refractivity contribution in [1.29, 1.82) is 0 Å². The predicted octanol–water partition coefficient (Wildman–Crippen LogP) is 4.46. The topological polar surface area (TPSA) is 105 Å². The van der Waals surface area contributed by atoms with Gasteiger partial charge in [0, 0.05) is 22.7 Å². The normalized spacial score (nSPS) is 11.3. The lowest BCUT2D eigenvalue weighted by Gasteiger charge is -2.12. The van der Waals surface area contributed by atoms with Gasteiger partial charge in [-0.3, -0.25) is 9.52 Å². The number of anilines is 2. The van der Waals surface area contributed by atoms with E-state index in [-0.39, 0.29) is 4.90 Å². The van der Waals surface area contributed by atoms with E-state index >= 15 is 0 Å². The zero-order valence-electron chi connectivity index (χ0n) is 17.4. The summed E-state index contributed by atoms with van der Waals surface area (Å²) in [4.78, 5) is 23.9. The largest absolute Gasteiger partial charge is 0.423 e. The predicted molar refractivity (Wildman–Crippen MR) is 124 cm³/mol. The fraction of sp³-hybridized carbons (Fsp3) is 0.0833. The lowest BCUT2D eigenvalue weighted by atomic mass is 10.1. The van der Waals surface area contributed by atoms with Crippen molar-refractivity contribution in [2.75, 3.05) is 10.0 Å². The number of hydrogen-bond acceptors (Lipinski definition) is 5. The molecule has 0 fully saturated rings. The first kappa shape index (κ1) is 21.3. The minimum absolute atomic E-state index is 0.0516. The Morgan fingerprint density at radius 2 is 1.66 bits per heavy atom. The van der Waals surface area contributed by atoms with E-state index in [9.17, 15) is 18.0 Å². The van der Waals surface area contributed by atoms with Gasteiger partial charge in [0.15, 0.2) is 0 Å². The average Bonchev–Trinajstić information content (AvgIpc) is 2.77. The van der Waals surface area contributed by atoms with Crippen LogP contribution in [0.2, 0.25) is 0 Å². The number of aryl methyl sites for hydroxylation is 1. The van der Waals surface area contributed by atoms with E-state index in [2.05, 4.69) is 10.0 Å². The van der Waals surface area contributed by atoms with Crippen LogP contribution < -0.4 is 15.7 Å². The van der Waals surface area contributed by atoms with Gasteiger partial charge in [-0.25, -0.2) is 13.2 Å². The van der Waals surface area contributed by atoms with E-state index in [1.54, 1.807) is 36.4 Å². The number of nitrogens with one attached hydrogen (secondary N) is 2. The second-order valence-corrected chi connectivity index (χ2v) is 9.02. The van der Waals surface area contributed by atoms with E-state index in [1.807, 2.05) is 19.9 Å². The molecule has 0 aliphatic rings. The number of amides is 1. The number of sulfonamides is 1. The van der Waals surface area contributed by atoms with Crippen LogP contribution in [0.5, 0.6) is 0 Å². The van der Waals surface area contributed by atoms with Crippen molar-refractivity contribution >= 4 is 38.3 Å². The van der Waals surface area contributed by atoms with E-state index in [1.165, 1.54) is 30.3 Å². The minimum Gasteiger partial charge on any atom is -0.423 e. The van der Waals surface area contributed by atoms with E-state index in [0.717, 1.165) is 11.1 Å². The summed E-state index contributed by atoms with van der Waals surface area (Å²) in [6.45, 7) is 3.76. The lowest BCUT2D eigenvalue weighted by molar-refractivity contribution is 0.102. The smallest absolute Gasteiger partial charge is 0.336 e. The number of carbonyl (C=O) groups excluding carboxylic acids is 1. The number of hydrogen-bond donors (Lipinski definition) is 2. The highest BCUT2D eigenvalue weighted by atomic mass is 32.2. The summed E-state index contributed by atoms with van der Waals surface area (Å²) in [7, 11) is -3.80. The Morgan fingerprint density at radius 3 is 2.41 bits per heavy atom. The van der Waals surface area contributed by atoms with Crippen LogP contribution in [-0.2, 0) is 10.0 Å². The molecule has 2 N–H and O–H groups in total. The van der Waals surface area contributed by atoms with Crippen LogP contribution in [0.3, 0.4) is 0 Å². The quantitative estimate of drug-likeness (QED) is 0.439. The Kier molecular flexibility index (Phi) is 5.54. The van der Waals surface area contributed by atoms with Crippen molar-refractivity contribution < 1.29 is 17.6 Å². The lowest BCUT2D eigenvalue weighted by Crippen LogP contribution is -2.15. The zero-order chi connectivity index (χ0) is 22.9. The third-order valence-corrected chi connectivity index (χ3v) is 6.53. The second-order valence-electron chi connectivity index (χ2n) is 7.34. The molecule has 1 amide bonds. The van der Waals surface area contributed by atoms with Gasteiger partial charge in [-0.15, -0.1) is 0 Å². The molecule has 32 heavy (non-hydrogen) atoms. The van der Waals surface area contributed by atoms with E-state index in [4.69, 9.17) is 4.42 Å². The summed E-state index contributed by atoms with van der Waals surface area (Å²) in [5, 5.41) is 3.42. The zero-order valence-corrected chi connectivity index (χ0v) is 18.2. The average molecular weight is 449 g/mol. The highest BCUT2D eigenvalue weighted by Gasteiger charge is 2.17. The molecule has 4 rings (SSSR count). The highest BCUT2D eigenvalue weighted by molar-refractivity contribution is 7.92. The first-order valence-corrected chi connectivity index (χ1v) is 11.3. The fourth-order valence-corrected chi connectivity index (χ4v) is 4.33. The van der Waals surface area contributed by atoms with Crippen LogP contribution in [0, 0.1) is 13.8 Å². The number of carbonyl (C=O) groups is 1. The SMILES string of the molecule is Cc1cccc(NS(=O)(=O)c2ccc(C(=O)Nc3ccc4oc(=O)ccc4c3)cc2)c1C. The maximum atomic E-state index is 12.7. The van der Waals surface area contributed by atoms with Crippen LogP contribution in [0.25, 0.3) is 11.0 Å². The molecule has 8 heteroatoms. The molecule has 0 bridgehead atoms. The summed E-state index contributed by atoms with van der Waals surface area (Å²) in [5.41, 5.74) is 3.13. The van der Waals surface area contributed by atoms with Gasteiger partial charge in [-0.1, -0.05) is 12.1 Å². The first-order chi connectivity index (χ1) is 15.2. The van der Waals surface area contributed by atoms with E-state index < -0.39 is 21.6 Å². The molecule has 1 aromatic heterocycles. The molecule has 0 unspecified atom stereocenters. The van der Waals surface area contributed by atoms with Crippen molar-refractivity contribution in [2.24, 2.45) is 0 Å². The van der Waals surface area contributed by atoms with Crippen LogP contribution in [-0.4, -0.2) is 14.3 Å². The summed E-state index contributed by atoms with van der Waals surface area (Å²) >= 11 is 0. The minimum atomic E-state index is -3.80. The van der Waals surface area contributed by atoms with E-state index in [0.29, 0.717) is 27.9 Å². The van der Waals surface area contributed by atoms with Gasteiger partial charge in [-0.2, -0.15) is 0 Å². The van der Waals surface area contributed by atoms with Crippen LogP contribution in [0.4, 0.5) is 11.4 Å². The Bertz CT molecular complexity index is 1490. The summed E-state index contributed by atoms with van der Waals surface area (Å²) < 4.78 is 33.2. The maximum absolute atomic E-state index is 12.7. The Morgan fingerprint density at radius 1 is 0.906 bits per heavy atom. The molecular weight excluding hydrogens is 428 g/mol. The van der Waals surface area contributed by atoms with Crippen molar-refractivity contribution in [3.63, 3.8) is 0 Å². The monoisotopic (exact) mass is 448 g/mol. The maximum Gasteiger partial charge on any atom is 0.336 e. The molecule has 7 nitrogen and oxygen atoms in total. The Hall–Kier alpha value is -3.91. The van der Waals surface area contributed by atoms with Gasteiger partial charge in [0.2, 0.25) is 0 Å². The van der Waals surface area contributed by atoms with Crippen molar-refractivity contribution in [3.05, 3.63) is 99.9 Å². The molecule has 0 radical (unpaired) electrons. The highest BCUT2D eigenvalue weighted by Crippen LogP contribution is 2.23. The molecular formula is C24H20N2O5S. The number of fused-ring (bicyclic) bond motifs is 1. The third-order valence-electron chi connectivity index (χ3n) is 5.15. The molecule has 3 aromatic carbocycles. The molecule has 0 saturated heterocycles. The standard InChI is InChI=1S/C24H20N2O5S/c1-15-4-3-5-21(16(15)2)26-32(29,30)20-10-6-17(7-11-20)24(28)25-19-9-12-22-18(14-19)8-13-23(27)31-22/h3-14,26H,1-2H3,(H,25,28). The first-order valence-electron chi connectivity index (χ1n) is 9.77. The van der Waals surface area contributed by atoms with Gasteiger partial charge in [-0.05, 0) is 79.6 Å². The Balaban J connectivity index is 1.51. The van der Waals surface area contributed by atoms with Crippen molar-refractivity contribution in [1.82, 2.24) is 0 Å². The molecule has 0 spiro atoms. The van der Waals surface area contributed by atoms with Crippen LogP contribution >= 0.6 is 0 Å². The molecule has 0 aliphatic carbocycles. The molecule has 0 aliphatic heterocycles. The fourth-order valence-electron chi connectivity index (χ4n) is 3.20. The van der Waals surface area contributed by atoms with Gasteiger partial charge < -0.3 is 9.73 Å². The van der Waals surface area contributed by atoms with Crippen LogP contribution in [0.15, 0.2) is 86.9 Å². The van der Waals surface area contributed by atoms with Crippen molar-refractivity contribution in [3.8, 4) is 0 Å². The number of rotatable bonds is 5. The van der Waals surface area contributed by atoms with Gasteiger partial charge >= 0.3 is 5.63 Å². The molecule has 0 saturated carbocycles. The van der Waals surface area contributed by atoms with Gasteiger partial charge in [0.05, 0.1) is 10.6 Å². The number of benzene rings is 3. The van der Waals surface area contributed by atoms with Gasteiger partial charge in [0.25, 0.3) is 15.9 Å². The van der Waals surface area contributed by atoms with Crippen LogP contribution in [0.1, 0.15) is 21.5 Å². The Labute approximate surface area is 184 Å². The third kappa shape index (κ3) is 4.40. The summed E-state index contributed by atoms with van der Waals surface area (Å²) in [6.07, 6.45) is 0. The molecule has 162 valence electrons. The molecule has 1 heterocycles. The second kappa shape index (κ2) is 8.32. The summed E-state index contributed by atoms with van der Waals surface area (Å²) in [5.74, 6) is -0.395. The summed E-state index contributed by atoms with van der Waals surface area (Å²) in [6, 6.07) is 18.9. The molecule has 0 atom stereocenters. The van der Waals surface area contributed by atoms with Crippen molar-refractivity contribution in [2.45, 2.75) is 18.7 Å². The van der Waals surface area contributed by atoms with Gasteiger partial charge in [0.1, 0.15) is 5.58 Å².